The van der Waals surface area contributed by atoms with Crippen LogP contribution >= 0.6 is 0 Å². The summed E-state index contributed by atoms with van der Waals surface area (Å²) >= 11 is 0. The van der Waals surface area contributed by atoms with Crippen molar-refractivity contribution in [2.24, 2.45) is 0 Å². The third-order valence-electron chi connectivity index (χ3n) is 6.26. The minimum atomic E-state index is -1.04. The highest BCUT2D eigenvalue weighted by molar-refractivity contribution is 5.98. The number of ether oxygens (including phenoxy) is 1. The first kappa shape index (κ1) is 24.0. The lowest BCUT2D eigenvalue weighted by Gasteiger charge is -2.20. The van der Waals surface area contributed by atoms with E-state index in [9.17, 15) is 14.4 Å². The Morgan fingerprint density at radius 1 is 0.971 bits per heavy atom. The molecule has 0 aliphatic heterocycles. The van der Waals surface area contributed by atoms with Crippen molar-refractivity contribution >= 4 is 23.7 Å². The van der Waals surface area contributed by atoms with Crippen LogP contribution in [0.5, 0.6) is 0 Å². The van der Waals surface area contributed by atoms with E-state index in [-0.39, 0.29) is 24.0 Å². The van der Waals surface area contributed by atoms with E-state index in [1.807, 2.05) is 43.3 Å². The Kier molecular flexibility index (Phi) is 7.15. The lowest BCUT2D eigenvalue weighted by molar-refractivity contribution is -0.118. The van der Waals surface area contributed by atoms with Crippen molar-refractivity contribution in [1.82, 2.24) is 5.32 Å². The van der Waals surface area contributed by atoms with E-state index >= 15 is 0 Å². The van der Waals surface area contributed by atoms with Gasteiger partial charge in [0.15, 0.2) is 0 Å². The maximum absolute atomic E-state index is 12.9. The van der Waals surface area contributed by atoms with Gasteiger partial charge in [-0.05, 0) is 59.4 Å². The SMILES string of the molecule is CCC[C@@H](NC(=O)OCC1c2ccccc2-c2ccccc21)C(=O)Nc1ccc(C(=O)O)cc1C. The van der Waals surface area contributed by atoms with Crippen LogP contribution in [0.15, 0.2) is 66.7 Å². The zero-order chi connectivity index (χ0) is 24.9. The van der Waals surface area contributed by atoms with Crippen LogP contribution in [0, 0.1) is 6.92 Å². The standard InChI is InChI=1S/C28H28N2O5/c1-3-8-25(26(31)29-24-14-13-18(27(32)33)15-17(24)2)30-28(34)35-16-23-21-11-6-4-9-19(21)20-10-5-7-12-22(20)23/h4-7,9-15,23,25H,3,8,16H2,1-2H3,(H,29,31)(H,30,34)(H,32,33)/t25-/m1/s1. The van der Waals surface area contributed by atoms with Crippen LogP contribution in [0.2, 0.25) is 0 Å². The summed E-state index contributed by atoms with van der Waals surface area (Å²) in [5, 5.41) is 14.6. The Labute approximate surface area is 204 Å². The Bertz CT molecular complexity index is 1220. The van der Waals surface area contributed by atoms with Gasteiger partial charge in [0.2, 0.25) is 5.91 Å². The maximum Gasteiger partial charge on any atom is 0.407 e. The average Bonchev–Trinajstić information content (AvgIpc) is 3.17. The smallest absolute Gasteiger partial charge is 0.407 e. The van der Waals surface area contributed by atoms with E-state index < -0.39 is 18.1 Å². The second kappa shape index (κ2) is 10.4. The number of rotatable bonds is 8. The number of amides is 2. The number of benzene rings is 3. The van der Waals surface area contributed by atoms with Crippen LogP contribution in [0.3, 0.4) is 0 Å². The molecule has 0 saturated carbocycles. The third kappa shape index (κ3) is 5.19. The second-order valence-corrected chi connectivity index (χ2v) is 8.64. The Hall–Kier alpha value is -4.13. The fraction of sp³-hybridized carbons (Fsp3) is 0.250. The Morgan fingerprint density at radius 3 is 2.17 bits per heavy atom. The molecule has 3 N–H and O–H groups in total. The van der Waals surface area contributed by atoms with Crippen LogP contribution in [0.4, 0.5) is 10.5 Å². The van der Waals surface area contributed by atoms with Gasteiger partial charge >= 0.3 is 12.1 Å². The first-order chi connectivity index (χ1) is 16.9. The summed E-state index contributed by atoms with van der Waals surface area (Å²) in [5.74, 6) is -1.49. The molecule has 1 aliphatic carbocycles. The molecule has 1 atom stereocenters. The van der Waals surface area contributed by atoms with Crippen molar-refractivity contribution in [2.75, 3.05) is 11.9 Å². The molecule has 3 aromatic rings. The van der Waals surface area contributed by atoms with Gasteiger partial charge in [0.1, 0.15) is 12.6 Å². The average molecular weight is 473 g/mol. The lowest BCUT2D eigenvalue weighted by Crippen LogP contribution is -2.44. The Morgan fingerprint density at radius 2 is 1.60 bits per heavy atom. The highest BCUT2D eigenvalue weighted by atomic mass is 16.5. The fourth-order valence-corrected chi connectivity index (χ4v) is 4.50. The summed E-state index contributed by atoms with van der Waals surface area (Å²) < 4.78 is 5.59. The third-order valence-corrected chi connectivity index (χ3v) is 6.26. The summed E-state index contributed by atoms with van der Waals surface area (Å²) in [6.45, 7) is 3.80. The van der Waals surface area contributed by atoms with Gasteiger partial charge in [-0.15, -0.1) is 0 Å². The summed E-state index contributed by atoms with van der Waals surface area (Å²) in [6.07, 6.45) is 0.458. The zero-order valence-corrected chi connectivity index (χ0v) is 19.7. The quantitative estimate of drug-likeness (QED) is 0.411. The molecule has 7 heteroatoms. The van der Waals surface area contributed by atoms with E-state index in [0.29, 0.717) is 24.1 Å². The topological polar surface area (TPSA) is 105 Å². The van der Waals surface area contributed by atoms with Crippen molar-refractivity contribution in [1.29, 1.82) is 0 Å². The van der Waals surface area contributed by atoms with Crippen molar-refractivity contribution < 1.29 is 24.2 Å². The first-order valence-corrected chi connectivity index (χ1v) is 11.6. The predicted octanol–water partition coefficient (Wildman–Crippen LogP) is 5.34. The number of fused-ring (bicyclic) bond motifs is 3. The molecule has 0 bridgehead atoms. The summed E-state index contributed by atoms with van der Waals surface area (Å²) in [7, 11) is 0. The molecule has 7 nitrogen and oxygen atoms in total. The monoisotopic (exact) mass is 472 g/mol. The van der Waals surface area contributed by atoms with Crippen LogP contribution in [0.1, 0.15) is 52.7 Å². The van der Waals surface area contributed by atoms with Crippen LogP contribution < -0.4 is 10.6 Å². The molecule has 0 aromatic heterocycles. The molecular weight excluding hydrogens is 444 g/mol. The van der Waals surface area contributed by atoms with Crippen molar-refractivity contribution in [3.63, 3.8) is 0 Å². The number of anilines is 1. The maximum atomic E-state index is 12.9. The molecule has 4 rings (SSSR count). The number of carboxylic acid groups (broad SMARTS) is 1. The van der Waals surface area contributed by atoms with Crippen LogP contribution in [-0.4, -0.2) is 35.7 Å². The van der Waals surface area contributed by atoms with Gasteiger partial charge in [-0.1, -0.05) is 61.9 Å². The molecule has 35 heavy (non-hydrogen) atoms. The van der Waals surface area contributed by atoms with Crippen LogP contribution in [0.25, 0.3) is 11.1 Å². The van der Waals surface area contributed by atoms with E-state index in [0.717, 1.165) is 22.3 Å². The minimum absolute atomic E-state index is 0.0676. The number of nitrogens with one attached hydrogen (secondary N) is 2. The van der Waals surface area contributed by atoms with Crippen molar-refractivity contribution in [3.8, 4) is 11.1 Å². The number of carbonyl (C=O) groups is 3. The zero-order valence-electron chi connectivity index (χ0n) is 19.7. The molecule has 180 valence electrons. The van der Waals surface area contributed by atoms with Gasteiger partial charge in [0.25, 0.3) is 0 Å². The summed E-state index contributed by atoms with van der Waals surface area (Å²) in [4.78, 5) is 36.7. The molecule has 1 aliphatic rings. The molecule has 0 saturated heterocycles. The molecule has 0 spiro atoms. The number of aromatic carboxylic acids is 1. The van der Waals surface area contributed by atoms with Gasteiger partial charge < -0.3 is 20.5 Å². The number of carboxylic acids is 1. The van der Waals surface area contributed by atoms with E-state index in [1.165, 1.54) is 12.1 Å². The predicted molar refractivity (Wildman–Crippen MR) is 134 cm³/mol. The first-order valence-electron chi connectivity index (χ1n) is 11.6. The van der Waals surface area contributed by atoms with Gasteiger partial charge in [-0.2, -0.15) is 0 Å². The van der Waals surface area contributed by atoms with Crippen LogP contribution in [-0.2, 0) is 9.53 Å². The molecule has 3 aromatic carbocycles. The number of carbonyl (C=O) groups excluding carboxylic acids is 2. The lowest BCUT2D eigenvalue weighted by atomic mass is 9.98. The van der Waals surface area contributed by atoms with E-state index in [2.05, 4.69) is 22.8 Å². The molecule has 0 unspecified atom stereocenters. The molecule has 2 amide bonds. The van der Waals surface area contributed by atoms with Gasteiger partial charge in [0.05, 0.1) is 5.56 Å². The second-order valence-electron chi connectivity index (χ2n) is 8.64. The molecular formula is C28H28N2O5. The Balaban J connectivity index is 1.41. The van der Waals surface area contributed by atoms with Gasteiger partial charge in [0, 0.05) is 11.6 Å². The number of hydrogen-bond donors (Lipinski definition) is 3. The highest BCUT2D eigenvalue weighted by Gasteiger charge is 2.29. The normalized spacial score (nSPS) is 12.9. The van der Waals surface area contributed by atoms with Crippen molar-refractivity contribution in [2.45, 2.75) is 38.6 Å². The number of hydrogen-bond acceptors (Lipinski definition) is 4. The minimum Gasteiger partial charge on any atom is -0.478 e. The summed E-state index contributed by atoms with van der Waals surface area (Å²) in [5.41, 5.74) is 5.77. The van der Waals surface area contributed by atoms with E-state index in [4.69, 9.17) is 9.84 Å². The number of alkyl carbamates (subject to hydrolysis) is 1. The van der Waals surface area contributed by atoms with Crippen molar-refractivity contribution in [3.05, 3.63) is 89.0 Å². The van der Waals surface area contributed by atoms with Gasteiger partial charge in [-0.25, -0.2) is 9.59 Å². The van der Waals surface area contributed by atoms with Gasteiger partial charge in [-0.3, -0.25) is 4.79 Å². The fourth-order valence-electron chi connectivity index (χ4n) is 4.50. The largest absolute Gasteiger partial charge is 0.478 e. The molecule has 0 heterocycles. The highest BCUT2D eigenvalue weighted by Crippen LogP contribution is 2.44. The summed E-state index contributed by atoms with van der Waals surface area (Å²) in [6, 6.07) is 19.9. The number of aryl methyl sites for hydroxylation is 1. The van der Waals surface area contributed by atoms with E-state index in [1.54, 1.807) is 13.0 Å². The molecule has 0 fully saturated rings. The molecule has 0 radical (unpaired) electrons.